The molecule has 0 unspecified atom stereocenters. The molecule has 0 aliphatic carbocycles. The van der Waals surface area contributed by atoms with Crippen molar-refractivity contribution in [3.8, 4) is 11.3 Å². The van der Waals surface area contributed by atoms with Crippen molar-refractivity contribution in [2.75, 3.05) is 5.32 Å². The number of benzene rings is 1. The van der Waals surface area contributed by atoms with Crippen LogP contribution in [0.15, 0.2) is 51.6 Å². The zero-order chi connectivity index (χ0) is 16.5. The fourth-order valence-electron chi connectivity index (χ4n) is 2.40. The SMILES string of the molecule is Cc1nc2c(NCc3ccc(-c4ccc(F)cc4)o3)ncnc2o1. The topological polar surface area (TPSA) is 77.0 Å². The van der Waals surface area contributed by atoms with E-state index in [2.05, 4.69) is 20.3 Å². The van der Waals surface area contributed by atoms with Crippen LogP contribution in [0.25, 0.3) is 22.6 Å². The molecule has 0 radical (unpaired) electrons. The number of hydrogen-bond donors (Lipinski definition) is 1. The summed E-state index contributed by atoms with van der Waals surface area (Å²) in [6, 6.07) is 9.87. The molecule has 3 aromatic heterocycles. The molecule has 0 atom stereocenters. The molecule has 4 aromatic rings. The lowest BCUT2D eigenvalue weighted by atomic mass is 10.2. The Kier molecular flexibility index (Phi) is 3.45. The van der Waals surface area contributed by atoms with E-state index in [0.29, 0.717) is 35.2 Å². The van der Waals surface area contributed by atoms with Crippen molar-refractivity contribution >= 4 is 17.0 Å². The summed E-state index contributed by atoms with van der Waals surface area (Å²) in [7, 11) is 0. The summed E-state index contributed by atoms with van der Waals surface area (Å²) in [5.41, 5.74) is 1.84. The van der Waals surface area contributed by atoms with Crippen molar-refractivity contribution < 1.29 is 13.2 Å². The Morgan fingerprint density at radius 1 is 1.04 bits per heavy atom. The van der Waals surface area contributed by atoms with Crippen molar-refractivity contribution in [2.24, 2.45) is 0 Å². The van der Waals surface area contributed by atoms with Crippen LogP contribution in [-0.4, -0.2) is 15.0 Å². The van der Waals surface area contributed by atoms with Crippen molar-refractivity contribution in [1.29, 1.82) is 0 Å². The summed E-state index contributed by atoms with van der Waals surface area (Å²) in [4.78, 5) is 12.5. The second-order valence-corrected chi connectivity index (χ2v) is 5.24. The zero-order valence-electron chi connectivity index (χ0n) is 12.8. The third kappa shape index (κ3) is 2.71. The predicted octanol–water partition coefficient (Wildman–Crippen LogP) is 3.94. The Hall–Kier alpha value is -3.22. The summed E-state index contributed by atoms with van der Waals surface area (Å²) in [5, 5.41) is 3.16. The Bertz CT molecular complexity index is 991. The summed E-state index contributed by atoms with van der Waals surface area (Å²) in [6.07, 6.45) is 1.42. The van der Waals surface area contributed by atoms with Crippen LogP contribution in [0.4, 0.5) is 10.2 Å². The first-order valence-electron chi connectivity index (χ1n) is 7.36. The lowest BCUT2D eigenvalue weighted by Gasteiger charge is -2.03. The molecule has 0 saturated carbocycles. The Morgan fingerprint density at radius 3 is 2.71 bits per heavy atom. The lowest BCUT2D eigenvalue weighted by molar-refractivity contribution is 0.531. The highest BCUT2D eigenvalue weighted by Gasteiger charge is 2.11. The number of furan rings is 1. The number of aryl methyl sites for hydroxylation is 1. The molecule has 0 bridgehead atoms. The molecule has 6 nitrogen and oxygen atoms in total. The molecule has 0 aliphatic heterocycles. The number of aromatic nitrogens is 3. The minimum absolute atomic E-state index is 0.275. The van der Waals surface area contributed by atoms with Gasteiger partial charge in [0.1, 0.15) is 23.7 Å². The number of nitrogens with zero attached hydrogens (tertiary/aromatic N) is 3. The van der Waals surface area contributed by atoms with Gasteiger partial charge in [0.2, 0.25) is 0 Å². The quantitative estimate of drug-likeness (QED) is 0.613. The summed E-state index contributed by atoms with van der Waals surface area (Å²) in [6.45, 7) is 2.19. The van der Waals surface area contributed by atoms with Crippen LogP contribution in [0.2, 0.25) is 0 Å². The first kappa shape index (κ1) is 14.4. The average molecular weight is 324 g/mol. The highest BCUT2D eigenvalue weighted by Crippen LogP contribution is 2.24. The van der Waals surface area contributed by atoms with Crippen molar-refractivity contribution in [3.05, 3.63) is 60.2 Å². The van der Waals surface area contributed by atoms with Gasteiger partial charge in [0, 0.05) is 12.5 Å². The lowest BCUT2D eigenvalue weighted by Crippen LogP contribution is -2.01. The van der Waals surface area contributed by atoms with Gasteiger partial charge in [-0.2, -0.15) is 4.98 Å². The van der Waals surface area contributed by atoms with Crippen LogP contribution in [0.5, 0.6) is 0 Å². The molecule has 0 spiro atoms. The number of rotatable bonds is 4. The molecular formula is C17H13FN4O2. The maximum absolute atomic E-state index is 13.0. The van der Waals surface area contributed by atoms with Gasteiger partial charge in [-0.05, 0) is 36.4 Å². The normalized spacial score (nSPS) is 11.1. The first-order chi connectivity index (χ1) is 11.7. The van der Waals surface area contributed by atoms with Gasteiger partial charge in [-0.15, -0.1) is 0 Å². The van der Waals surface area contributed by atoms with E-state index in [4.69, 9.17) is 8.83 Å². The largest absolute Gasteiger partial charge is 0.459 e. The van der Waals surface area contributed by atoms with Crippen LogP contribution >= 0.6 is 0 Å². The molecule has 3 heterocycles. The minimum Gasteiger partial charge on any atom is -0.459 e. The molecule has 24 heavy (non-hydrogen) atoms. The van der Waals surface area contributed by atoms with Crippen LogP contribution in [0.1, 0.15) is 11.7 Å². The molecule has 0 amide bonds. The average Bonchev–Trinajstić information content (AvgIpc) is 3.19. The van der Waals surface area contributed by atoms with Gasteiger partial charge >= 0.3 is 0 Å². The first-order valence-corrected chi connectivity index (χ1v) is 7.36. The fourth-order valence-corrected chi connectivity index (χ4v) is 2.40. The third-order valence-corrected chi connectivity index (χ3v) is 3.52. The number of fused-ring (bicyclic) bond motifs is 1. The van der Waals surface area contributed by atoms with E-state index < -0.39 is 0 Å². The molecule has 1 N–H and O–H groups in total. The van der Waals surface area contributed by atoms with Crippen LogP contribution in [0.3, 0.4) is 0 Å². The van der Waals surface area contributed by atoms with Gasteiger partial charge in [0.05, 0.1) is 6.54 Å². The smallest absolute Gasteiger partial charge is 0.252 e. The van der Waals surface area contributed by atoms with Crippen LogP contribution in [0, 0.1) is 12.7 Å². The van der Waals surface area contributed by atoms with Gasteiger partial charge in [-0.3, -0.25) is 0 Å². The molecule has 0 saturated heterocycles. The Labute approximate surface area is 136 Å². The number of anilines is 1. The van der Waals surface area contributed by atoms with Crippen molar-refractivity contribution in [3.63, 3.8) is 0 Å². The van der Waals surface area contributed by atoms with Gasteiger partial charge in [-0.25, -0.2) is 14.4 Å². The van der Waals surface area contributed by atoms with Gasteiger partial charge in [0.25, 0.3) is 5.71 Å². The number of oxazole rings is 1. The highest BCUT2D eigenvalue weighted by molar-refractivity contribution is 5.80. The molecule has 0 fully saturated rings. The van der Waals surface area contributed by atoms with Crippen LogP contribution < -0.4 is 5.32 Å². The van der Waals surface area contributed by atoms with E-state index in [1.807, 2.05) is 12.1 Å². The fraction of sp³-hybridized carbons (Fsp3) is 0.118. The maximum Gasteiger partial charge on any atom is 0.252 e. The van der Waals surface area contributed by atoms with E-state index in [1.165, 1.54) is 18.5 Å². The van der Waals surface area contributed by atoms with E-state index in [1.54, 1.807) is 19.1 Å². The number of hydrogen-bond acceptors (Lipinski definition) is 6. The Morgan fingerprint density at radius 2 is 1.88 bits per heavy atom. The van der Waals surface area contributed by atoms with Gasteiger partial charge in [0.15, 0.2) is 17.2 Å². The number of halogens is 1. The molecule has 1 aromatic carbocycles. The van der Waals surface area contributed by atoms with Crippen molar-refractivity contribution in [1.82, 2.24) is 15.0 Å². The number of nitrogens with one attached hydrogen (secondary N) is 1. The molecular weight excluding hydrogens is 311 g/mol. The monoisotopic (exact) mass is 324 g/mol. The van der Waals surface area contributed by atoms with E-state index in [-0.39, 0.29) is 5.82 Å². The summed E-state index contributed by atoms with van der Waals surface area (Å²) >= 11 is 0. The molecule has 7 heteroatoms. The third-order valence-electron chi connectivity index (χ3n) is 3.52. The summed E-state index contributed by atoms with van der Waals surface area (Å²) in [5.74, 6) is 2.24. The summed E-state index contributed by atoms with van der Waals surface area (Å²) < 4.78 is 24.1. The molecule has 4 rings (SSSR count). The maximum atomic E-state index is 13.0. The second kappa shape index (κ2) is 5.77. The van der Waals surface area contributed by atoms with E-state index in [9.17, 15) is 4.39 Å². The molecule has 0 aliphatic rings. The second-order valence-electron chi connectivity index (χ2n) is 5.24. The molecule has 120 valence electrons. The standard InChI is InChI=1S/C17H13FN4O2/c1-10-22-15-16(20-9-21-17(15)23-10)19-8-13-6-7-14(24-13)11-2-4-12(18)5-3-11/h2-7,9H,8H2,1H3,(H,19,20,21). The highest BCUT2D eigenvalue weighted by atomic mass is 19.1. The van der Waals surface area contributed by atoms with Gasteiger partial charge < -0.3 is 14.2 Å². The zero-order valence-corrected chi connectivity index (χ0v) is 12.8. The predicted molar refractivity (Wildman–Crippen MR) is 85.8 cm³/mol. The van der Waals surface area contributed by atoms with Crippen LogP contribution in [-0.2, 0) is 6.54 Å². The van der Waals surface area contributed by atoms with E-state index >= 15 is 0 Å². The van der Waals surface area contributed by atoms with E-state index in [0.717, 1.165) is 11.3 Å². The van der Waals surface area contributed by atoms with Gasteiger partial charge in [-0.1, -0.05) is 0 Å². The minimum atomic E-state index is -0.275. The Balaban J connectivity index is 1.53. The van der Waals surface area contributed by atoms with Crippen molar-refractivity contribution in [2.45, 2.75) is 13.5 Å².